The van der Waals surface area contributed by atoms with Crippen molar-refractivity contribution in [2.75, 3.05) is 0 Å². The number of hydrogen-bond acceptors (Lipinski definition) is 0. The Morgan fingerprint density at radius 1 is 1.27 bits per heavy atom. The second kappa shape index (κ2) is 8.86. The van der Waals surface area contributed by atoms with Gasteiger partial charge in [0.25, 0.3) is 0 Å². The van der Waals surface area contributed by atoms with Crippen molar-refractivity contribution < 1.29 is 19.5 Å². The molecule has 1 heteroatoms. The molecule has 0 aliphatic heterocycles. The molecule has 0 radical (unpaired) electrons. The molecular weight excluding hydrogens is 269 g/mol. The van der Waals surface area contributed by atoms with Crippen molar-refractivity contribution in [3.63, 3.8) is 0 Å². The molecule has 82 valence electrons. The Bertz CT molecular complexity index is 257. The molecule has 0 aromatic rings. The average molecular weight is 287 g/mol. The first-order valence-corrected chi connectivity index (χ1v) is 5.27. The molecule has 0 amide bonds. The Labute approximate surface area is 107 Å². The van der Waals surface area contributed by atoms with Gasteiger partial charge < -0.3 is 0 Å². The van der Waals surface area contributed by atoms with E-state index < -0.39 is 0 Å². The Morgan fingerprint density at radius 2 is 2.07 bits per heavy atom. The molecule has 0 aromatic carbocycles. The fourth-order valence-corrected chi connectivity index (χ4v) is 1.37. The fourth-order valence-electron chi connectivity index (χ4n) is 1.37. The van der Waals surface area contributed by atoms with Gasteiger partial charge >= 0.3 is 19.5 Å². The molecule has 0 atom stereocenters. The Morgan fingerprint density at radius 3 is 2.40 bits per heavy atom. The molecule has 0 bridgehead atoms. The molecule has 0 N–H and O–H groups in total. The van der Waals surface area contributed by atoms with Crippen LogP contribution in [0.3, 0.4) is 0 Å². The third-order valence-electron chi connectivity index (χ3n) is 1.98. The third-order valence-corrected chi connectivity index (χ3v) is 1.98. The van der Waals surface area contributed by atoms with Crippen molar-refractivity contribution in [3.8, 4) is 0 Å². The van der Waals surface area contributed by atoms with Crippen LogP contribution in [0.25, 0.3) is 0 Å². The number of rotatable bonds is 2. The summed E-state index contributed by atoms with van der Waals surface area (Å²) in [5.41, 5.74) is 1.39. The van der Waals surface area contributed by atoms with Crippen molar-refractivity contribution in [2.24, 2.45) is 5.92 Å². The van der Waals surface area contributed by atoms with Crippen molar-refractivity contribution in [1.29, 1.82) is 0 Å². The molecule has 0 unspecified atom stereocenters. The van der Waals surface area contributed by atoms with Crippen molar-refractivity contribution >= 4 is 0 Å². The minimum atomic E-state index is 0. The SMILES string of the molecule is CC(C)CC1=[C-]CC=C1.[C-]1=CC=CC1.[Ru+2]. The Balaban J connectivity index is 0.000000280. The maximum atomic E-state index is 3.29. The zero-order chi connectivity index (χ0) is 10.2. The normalized spacial score (nSPS) is 16.1. The van der Waals surface area contributed by atoms with Crippen molar-refractivity contribution in [3.05, 3.63) is 48.1 Å². The summed E-state index contributed by atoms with van der Waals surface area (Å²) in [5.74, 6) is 0.773. The third kappa shape index (κ3) is 7.51. The smallest absolute Gasteiger partial charge is 0.273 e. The fraction of sp³-hybridized carbons (Fsp3) is 0.429. The summed E-state index contributed by atoms with van der Waals surface area (Å²) in [6, 6.07) is 0. The average Bonchev–Trinajstić information content (AvgIpc) is 2.75. The van der Waals surface area contributed by atoms with Crippen LogP contribution in [0.1, 0.15) is 33.1 Å². The Kier molecular flexibility index (Phi) is 8.61. The topological polar surface area (TPSA) is 0 Å². The molecule has 0 spiro atoms. The quantitative estimate of drug-likeness (QED) is 0.531. The van der Waals surface area contributed by atoms with E-state index in [-0.39, 0.29) is 19.5 Å². The van der Waals surface area contributed by atoms with Gasteiger partial charge in [-0.05, 0) is 5.92 Å². The summed E-state index contributed by atoms with van der Waals surface area (Å²) >= 11 is 0. The van der Waals surface area contributed by atoms with E-state index in [1.165, 1.54) is 12.0 Å². The molecule has 2 aliphatic rings. The standard InChI is InChI=1S/C9H13.C5H5.Ru/c1-8(2)7-9-5-3-4-6-9;1-2-4-5-3-1;/h3,5,8H,4,7H2,1-2H3;1-3H,4H2;/q2*-1;+2. The number of hydrogen-bond donors (Lipinski definition) is 0. The van der Waals surface area contributed by atoms with Crippen LogP contribution < -0.4 is 0 Å². The van der Waals surface area contributed by atoms with E-state index in [4.69, 9.17) is 0 Å². The van der Waals surface area contributed by atoms with E-state index in [0.717, 1.165) is 18.8 Å². The van der Waals surface area contributed by atoms with E-state index in [9.17, 15) is 0 Å². The van der Waals surface area contributed by atoms with Gasteiger partial charge in [0.15, 0.2) is 0 Å². The molecule has 0 saturated carbocycles. The summed E-state index contributed by atoms with van der Waals surface area (Å²) in [5, 5.41) is 0. The van der Waals surface area contributed by atoms with Crippen molar-refractivity contribution in [2.45, 2.75) is 33.1 Å². The molecule has 2 rings (SSSR count). The Hall–Kier alpha value is -0.417. The van der Waals surface area contributed by atoms with Gasteiger partial charge in [0.2, 0.25) is 0 Å². The van der Waals surface area contributed by atoms with E-state index in [1.54, 1.807) is 0 Å². The van der Waals surface area contributed by atoms with Gasteiger partial charge in [-0.1, -0.05) is 20.3 Å². The zero-order valence-corrected chi connectivity index (χ0v) is 11.2. The van der Waals surface area contributed by atoms with Crippen LogP contribution >= 0.6 is 0 Å². The van der Waals surface area contributed by atoms with E-state index in [1.807, 2.05) is 12.2 Å². The van der Waals surface area contributed by atoms with Crippen LogP contribution in [-0.2, 0) is 19.5 Å². The monoisotopic (exact) mass is 288 g/mol. The summed E-state index contributed by atoms with van der Waals surface area (Å²) in [7, 11) is 0. The van der Waals surface area contributed by atoms with Gasteiger partial charge in [0.1, 0.15) is 0 Å². The van der Waals surface area contributed by atoms with Gasteiger partial charge in [0, 0.05) is 0 Å². The van der Waals surface area contributed by atoms with E-state index >= 15 is 0 Å². The van der Waals surface area contributed by atoms with Gasteiger partial charge in [-0.2, -0.15) is 12.2 Å². The molecule has 0 heterocycles. The van der Waals surface area contributed by atoms with Crippen LogP contribution in [0.15, 0.2) is 36.0 Å². The van der Waals surface area contributed by atoms with Crippen LogP contribution in [0.4, 0.5) is 0 Å². The molecule has 15 heavy (non-hydrogen) atoms. The minimum Gasteiger partial charge on any atom is -0.273 e. The molecule has 0 fully saturated rings. The van der Waals surface area contributed by atoms with Gasteiger partial charge in [-0.3, -0.25) is 12.2 Å². The molecule has 0 aromatic heterocycles. The van der Waals surface area contributed by atoms with Crippen LogP contribution in [-0.4, -0.2) is 0 Å². The van der Waals surface area contributed by atoms with Crippen molar-refractivity contribution in [1.82, 2.24) is 0 Å². The molecule has 0 saturated heterocycles. The molecule has 2 aliphatic carbocycles. The second-order valence-electron chi connectivity index (χ2n) is 3.91. The summed E-state index contributed by atoms with van der Waals surface area (Å²) in [6.45, 7) is 4.47. The summed E-state index contributed by atoms with van der Waals surface area (Å²) < 4.78 is 0. The first-order chi connectivity index (χ1) is 6.79. The molecule has 0 nitrogen and oxygen atoms in total. The summed E-state index contributed by atoms with van der Waals surface area (Å²) in [6.07, 6.45) is 19.9. The predicted molar refractivity (Wildman–Crippen MR) is 61.5 cm³/mol. The maximum Gasteiger partial charge on any atom is 2.00 e. The largest absolute Gasteiger partial charge is 2.00 e. The van der Waals surface area contributed by atoms with Gasteiger partial charge in [-0.25, -0.2) is 23.8 Å². The first kappa shape index (κ1) is 14.6. The summed E-state index contributed by atoms with van der Waals surface area (Å²) in [4.78, 5) is 0. The van der Waals surface area contributed by atoms with Crippen LogP contribution in [0.5, 0.6) is 0 Å². The van der Waals surface area contributed by atoms with E-state index in [2.05, 4.69) is 44.2 Å². The maximum absolute atomic E-state index is 3.29. The number of allylic oxidation sites excluding steroid dienone is 8. The van der Waals surface area contributed by atoms with Gasteiger partial charge in [-0.15, -0.1) is 12.8 Å². The second-order valence-corrected chi connectivity index (χ2v) is 3.91. The zero-order valence-electron chi connectivity index (χ0n) is 9.44. The van der Waals surface area contributed by atoms with Gasteiger partial charge in [0.05, 0.1) is 0 Å². The predicted octanol–water partition coefficient (Wildman–Crippen LogP) is 4.03. The van der Waals surface area contributed by atoms with Crippen LogP contribution in [0.2, 0.25) is 0 Å². The first-order valence-electron chi connectivity index (χ1n) is 5.27. The molecular formula is C14H18Ru. The van der Waals surface area contributed by atoms with Crippen LogP contribution in [0, 0.1) is 18.1 Å². The minimum absolute atomic E-state index is 0. The van der Waals surface area contributed by atoms with E-state index in [0.29, 0.717) is 0 Å².